The fourth-order valence-corrected chi connectivity index (χ4v) is 9.76. The second-order valence-electron chi connectivity index (χ2n) is 11.9. The molecule has 4 rings (SSSR count). The number of hydrogen-bond donors (Lipinski definition) is 1. The van der Waals surface area contributed by atoms with Crippen molar-refractivity contribution in [2.24, 2.45) is 52.1 Å². The molecule has 4 fully saturated rings. The first-order valence-corrected chi connectivity index (χ1v) is 12.6. The van der Waals surface area contributed by atoms with Crippen molar-refractivity contribution in [3.63, 3.8) is 0 Å². The van der Waals surface area contributed by atoms with Gasteiger partial charge in [0.2, 0.25) is 0 Å². The molecule has 9 atom stereocenters. The van der Waals surface area contributed by atoms with Gasteiger partial charge in [0.15, 0.2) is 0 Å². The van der Waals surface area contributed by atoms with Gasteiger partial charge in [-0.15, -0.1) is 0 Å². The largest absolute Gasteiger partial charge is 0.385 e. The number of ether oxygens (including phenoxy) is 1. The zero-order valence-electron chi connectivity index (χ0n) is 19.4. The lowest BCUT2D eigenvalue weighted by Crippen LogP contribution is -2.69. The molecule has 0 saturated heterocycles. The number of hydrogen-bond acceptors (Lipinski definition) is 2. The van der Waals surface area contributed by atoms with Crippen LogP contribution in [0.2, 0.25) is 0 Å². The first-order chi connectivity index (χ1) is 13.3. The Balaban J connectivity index is 1.64. The highest BCUT2D eigenvalue weighted by atomic mass is 16.5. The summed E-state index contributed by atoms with van der Waals surface area (Å²) in [6.45, 7) is 11.1. The molecule has 0 heterocycles. The molecule has 28 heavy (non-hydrogen) atoms. The van der Waals surface area contributed by atoms with E-state index in [-0.39, 0.29) is 5.54 Å². The third kappa shape index (κ3) is 2.95. The SMILES string of the molecule is CC[C@H]1C[C@@]2(N)C3CCC([C@H](C)CCOC)[C@@]3(C)CC[C@@H]2C2(C)CCCCC12. The van der Waals surface area contributed by atoms with Gasteiger partial charge in [0.05, 0.1) is 0 Å². The number of fused-ring (bicyclic) bond motifs is 5. The summed E-state index contributed by atoms with van der Waals surface area (Å²) in [5, 5.41) is 0. The Morgan fingerprint density at radius 3 is 2.46 bits per heavy atom. The lowest BCUT2D eigenvalue weighted by atomic mass is 9.40. The van der Waals surface area contributed by atoms with E-state index in [0.717, 1.165) is 42.1 Å². The Labute approximate surface area is 174 Å². The van der Waals surface area contributed by atoms with Gasteiger partial charge >= 0.3 is 0 Å². The van der Waals surface area contributed by atoms with Crippen LogP contribution in [-0.2, 0) is 4.74 Å². The molecule has 0 amide bonds. The second kappa shape index (κ2) is 7.56. The molecule has 2 nitrogen and oxygen atoms in total. The van der Waals surface area contributed by atoms with Crippen molar-refractivity contribution in [2.75, 3.05) is 13.7 Å². The first-order valence-electron chi connectivity index (χ1n) is 12.6. The molecule has 4 aliphatic rings. The van der Waals surface area contributed by atoms with Crippen LogP contribution in [0.4, 0.5) is 0 Å². The average molecular weight is 390 g/mol. The highest BCUT2D eigenvalue weighted by Crippen LogP contribution is 2.70. The summed E-state index contributed by atoms with van der Waals surface area (Å²) in [6, 6.07) is 0. The molecule has 0 aromatic rings. The summed E-state index contributed by atoms with van der Waals surface area (Å²) in [6.07, 6.45) is 15.3. The molecule has 0 aromatic heterocycles. The van der Waals surface area contributed by atoms with Gasteiger partial charge in [-0.05, 0) is 97.7 Å². The Kier molecular flexibility index (Phi) is 5.71. The van der Waals surface area contributed by atoms with Gasteiger partial charge in [0.25, 0.3) is 0 Å². The number of rotatable bonds is 5. The quantitative estimate of drug-likeness (QED) is 0.588. The van der Waals surface area contributed by atoms with Crippen LogP contribution in [0, 0.1) is 46.3 Å². The summed E-state index contributed by atoms with van der Waals surface area (Å²) < 4.78 is 5.42. The minimum absolute atomic E-state index is 0.0893. The number of nitrogens with two attached hydrogens (primary N) is 1. The van der Waals surface area contributed by atoms with E-state index in [1.54, 1.807) is 0 Å². The molecule has 2 heteroatoms. The summed E-state index contributed by atoms with van der Waals surface area (Å²) in [4.78, 5) is 0. The highest BCUT2D eigenvalue weighted by molar-refractivity contribution is 5.19. The van der Waals surface area contributed by atoms with Crippen molar-refractivity contribution in [3.8, 4) is 0 Å². The van der Waals surface area contributed by atoms with Crippen molar-refractivity contribution in [1.29, 1.82) is 0 Å². The van der Waals surface area contributed by atoms with E-state index in [9.17, 15) is 0 Å². The van der Waals surface area contributed by atoms with E-state index in [1.165, 1.54) is 70.6 Å². The summed E-state index contributed by atoms with van der Waals surface area (Å²) in [7, 11) is 1.85. The smallest absolute Gasteiger partial charge is 0.0464 e. The van der Waals surface area contributed by atoms with Crippen molar-refractivity contribution in [3.05, 3.63) is 0 Å². The van der Waals surface area contributed by atoms with Crippen molar-refractivity contribution in [1.82, 2.24) is 0 Å². The lowest BCUT2D eigenvalue weighted by Gasteiger charge is -2.67. The van der Waals surface area contributed by atoms with E-state index in [1.807, 2.05) is 7.11 Å². The minimum atomic E-state index is 0.0893. The van der Waals surface area contributed by atoms with Crippen LogP contribution in [0.3, 0.4) is 0 Å². The molecule has 2 N–H and O–H groups in total. The Morgan fingerprint density at radius 2 is 1.75 bits per heavy atom. The topological polar surface area (TPSA) is 35.2 Å². The fourth-order valence-electron chi connectivity index (χ4n) is 9.76. The summed E-state index contributed by atoms with van der Waals surface area (Å²) in [5.74, 6) is 4.90. The molecule has 0 aliphatic heterocycles. The van der Waals surface area contributed by atoms with E-state index < -0.39 is 0 Å². The van der Waals surface area contributed by atoms with Crippen LogP contribution < -0.4 is 5.73 Å². The van der Waals surface area contributed by atoms with Gasteiger partial charge in [-0.2, -0.15) is 0 Å². The predicted molar refractivity (Wildman–Crippen MR) is 118 cm³/mol. The highest BCUT2D eigenvalue weighted by Gasteiger charge is 2.66. The van der Waals surface area contributed by atoms with Gasteiger partial charge < -0.3 is 10.5 Å². The van der Waals surface area contributed by atoms with Gasteiger partial charge in [-0.3, -0.25) is 0 Å². The molecule has 162 valence electrons. The monoisotopic (exact) mass is 389 g/mol. The standard InChI is InChI=1S/C26H47NO/c1-6-19-17-26(27)22-11-10-20(18(2)13-16-28-5)25(22,4)15-12-23(26)24(3)14-8-7-9-21(19)24/h18-23H,6-17,27H2,1-5H3/t18-,19+,20?,21?,22?,23-,24?,25-,26-/m1/s1. The van der Waals surface area contributed by atoms with E-state index in [2.05, 4.69) is 27.7 Å². The van der Waals surface area contributed by atoms with Crippen LogP contribution in [0.1, 0.15) is 98.3 Å². The number of methoxy groups -OCH3 is 1. The Hall–Kier alpha value is -0.0800. The van der Waals surface area contributed by atoms with Crippen LogP contribution in [0.5, 0.6) is 0 Å². The Morgan fingerprint density at radius 1 is 1.00 bits per heavy atom. The molecule has 4 unspecified atom stereocenters. The molecule has 0 bridgehead atoms. The second-order valence-corrected chi connectivity index (χ2v) is 11.9. The molecule has 0 spiro atoms. The minimum Gasteiger partial charge on any atom is -0.385 e. The van der Waals surface area contributed by atoms with Crippen molar-refractivity contribution in [2.45, 2.75) is 104 Å². The summed E-state index contributed by atoms with van der Waals surface area (Å²) in [5.41, 5.74) is 8.68. The molecule has 0 radical (unpaired) electrons. The normalized spacial score (nSPS) is 51.9. The fraction of sp³-hybridized carbons (Fsp3) is 1.00. The van der Waals surface area contributed by atoms with Gasteiger partial charge in [-0.1, -0.05) is 47.0 Å². The van der Waals surface area contributed by atoms with Crippen molar-refractivity contribution >= 4 is 0 Å². The van der Waals surface area contributed by atoms with Gasteiger partial charge in [-0.25, -0.2) is 0 Å². The van der Waals surface area contributed by atoms with E-state index in [0.29, 0.717) is 10.8 Å². The van der Waals surface area contributed by atoms with Crippen LogP contribution in [0.25, 0.3) is 0 Å². The van der Waals surface area contributed by atoms with Crippen LogP contribution in [-0.4, -0.2) is 19.3 Å². The third-order valence-electron chi connectivity index (χ3n) is 11.0. The maximum atomic E-state index is 7.63. The van der Waals surface area contributed by atoms with E-state index >= 15 is 0 Å². The Bertz CT molecular complexity index is 563. The molecular formula is C26H47NO. The maximum Gasteiger partial charge on any atom is 0.0464 e. The molecule has 4 aliphatic carbocycles. The zero-order valence-corrected chi connectivity index (χ0v) is 19.4. The maximum absolute atomic E-state index is 7.63. The molecule has 4 saturated carbocycles. The van der Waals surface area contributed by atoms with Crippen LogP contribution in [0.15, 0.2) is 0 Å². The summed E-state index contributed by atoms with van der Waals surface area (Å²) >= 11 is 0. The first kappa shape index (κ1) is 21.2. The lowest BCUT2D eigenvalue weighted by molar-refractivity contribution is -0.151. The van der Waals surface area contributed by atoms with Gasteiger partial charge in [0.1, 0.15) is 0 Å². The van der Waals surface area contributed by atoms with Gasteiger partial charge in [0, 0.05) is 19.3 Å². The molecule has 0 aromatic carbocycles. The van der Waals surface area contributed by atoms with E-state index in [4.69, 9.17) is 10.5 Å². The van der Waals surface area contributed by atoms with Crippen LogP contribution >= 0.6 is 0 Å². The molecular weight excluding hydrogens is 342 g/mol. The van der Waals surface area contributed by atoms with Crippen molar-refractivity contribution < 1.29 is 4.74 Å². The average Bonchev–Trinajstić information content (AvgIpc) is 3.03. The zero-order chi connectivity index (χ0) is 20.2. The predicted octanol–water partition coefficient (Wildman–Crippen LogP) is 6.43. The third-order valence-corrected chi connectivity index (χ3v) is 11.0.